The van der Waals surface area contributed by atoms with E-state index in [0.29, 0.717) is 6.42 Å². The lowest BCUT2D eigenvalue weighted by molar-refractivity contribution is 0.0993. The fraction of sp³-hybridized carbons (Fsp3) is 0.0714. The zero-order chi connectivity index (χ0) is 10.5. The Balaban J connectivity index is 2.12. The van der Waals surface area contributed by atoms with Crippen LogP contribution < -0.4 is 0 Å². The van der Waals surface area contributed by atoms with E-state index in [0.717, 1.165) is 11.1 Å². The number of hydrogen-bond donors (Lipinski definition) is 0. The third-order valence-electron chi connectivity index (χ3n) is 2.25. The molecular weight excluding hydrogens is 184 g/mol. The number of carbonyl (C=O) groups excluding carboxylic acids is 1. The van der Waals surface area contributed by atoms with Crippen LogP contribution in [0.1, 0.15) is 15.9 Å². The monoisotopic (exact) mass is 195 g/mol. The summed E-state index contributed by atoms with van der Waals surface area (Å²) in [5, 5.41) is 0. The molecule has 0 atom stereocenters. The van der Waals surface area contributed by atoms with E-state index in [4.69, 9.17) is 0 Å². The molecule has 0 aliphatic rings. The van der Waals surface area contributed by atoms with Crippen LogP contribution in [-0.2, 0) is 6.42 Å². The molecule has 2 rings (SSSR count). The number of rotatable bonds is 3. The second kappa shape index (κ2) is 4.56. The maximum absolute atomic E-state index is 11.8. The normalized spacial score (nSPS) is 9.87. The zero-order valence-electron chi connectivity index (χ0n) is 8.31. The summed E-state index contributed by atoms with van der Waals surface area (Å²) in [6.45, 7) is 0. The molecule has 1 radical (unpaired) electrons. The lowest BCUT2D eigenvalue weighted by Crippen LogP contribution is -2.02. The van der Waals surface area contributed by atoms with E-state index in [9.17, 15) is 4.79 Å². The average Bonchev–Trinajstić information content (AvgIpc) is 2.31. The fourth-order valence-corrected chi connectivity index (χ4v) is 1.46. The van der Waals surface area contributed by atoms with Crippen molar-refractivity contribution in [3.8, 4) is 0 Å². The molecule has 0 unspecified atom stereocenters. The van der Waals surface area contributed by atoms with Gasteiger partial charge in [0, 0.05) is 12.0 Å². The van der Waals surface area contributed by atoms with Crippen molar-refractivity contribution in [3.63, 3.8) is 0 Å². The smallest absolute Gasteiger partial charge is 0.167 e. The van der Waals surface area contributed by atoms with Crippen LogP contribution in [0.5, 0.6) is 0 Å². The summed E-state index contributed by atoms with van der Waals surface area (Å²) in [5.74, 6) is 0.148. The summed E-state index contributed by atoms with van der Waals surface area (Å²) in [5.41, 5.74) is 1.80. The summed E-state index contributed by atoms with van der Waals surface area (Å²) < 4.78 is 0. The minimum Gasteiger partial charge on any atom is -0.294 e. The van der Waals surface area contributed by atoms with E-state index < -0.39 is 0 Å². The Morgan fingerprint density at radius 1 is 1.00 bits per heavy atom. The third-order valence-corrected chi connectivity index (χ3v) is 2.25. The third kappa shape index (κ3) is 2.53. The molecule has 2 aromatic carbocycles. The van der Waals surface area contributed by atoms with Crippen molar-refractivity contribution in [2.24, 2.45) is 0 Å². The van der Waals surface area contributed by atoms with Crippen molar-refractivity contribution >= 4 is 5.78 Å². The summed E-state index contributed by atoms with van der Waals surface area (Å²) in [7, 11) is 0. The van der Waals surface area contributed by atoms with Crippen LogP contribution >= 0.6 is 0 Å². The van der Waals surface area contributed by atoms with Crippen molar-refractivity contribution in [1.29, 1.82) is 0 Å². The molecule has 0 saturated carbocycles. The Hall–Kier alpha value is -1.89. The molecule has 0 amide bonds. The minimum atomic E-state index is 0.148. The Labute approximate surface area is 89.4 Å². The lowest BCUT2D eigenvalue weighted by Gasteiger charge is -2.00. The largest absolute Gasteiger partial charge is 0.294 e. The van der Waals surface area contributed by atoms with Crippen molar-refractivity contribution in [2.75, 3.05) is 0 Å². The molecule has 73 valence electrons. The molecule has 1 heteroatoms. The van der Waals surface area contributed by atoms with Crippen LogP contribution in [-0.4, -0.2) is 5.78 Å². The molecule has 0 aliphatic carbocycles. The quantitative estimate of drug-likeness (QED) is 0.688. The number of Topliss-reactive ketones (excluding diaryl/α,β-unsaturated/α-hetero) is 1. The highest BCUT2D eigenvalue weighted by atomic mass is 16.1. The zero-order valence-corrected chi connectivity index (χ0v) is 8.31. The van der Waals surface area contributed by atoms with E-state index in [1.807, 2.05) is 30.3 Å². The molecule has 0 saturated heterocycles. The highest BCUT2D eigenvalue weighted by Gasteiger charge is 2.05. The van der Waals surface area contributed by atoms with Gasteiger partial charge in [0.05, 0.1) is 0 Å². The van der Waals surface area contributed by atoms with Gasteiger partial charge in [-0.05, 0) is 11.6 Å². The summed E-state index contributed by atoms with van der Waals surface area (Å²) in [6.07, 6.45) is 0.463. The van der Waals surface area contributed by atoms with Gasteiger partial charge in [-0.3, -0.25) is 4.79 Å². The Bertz CT molecular complexity index is 431. The predicted molar refractivity (Wildman–Crippen MR) is 59.8 cm³/mol. The highest BCUT2D eigenvalue weighted by Crippen LogP contribution is 2.06. The SMILES string of the molecule is O=C(Cc1ccccc1)c1cc[c]cc1. The summed E-state index contributed by atoms with van der Waals surface area (Å²) >= 11 is 0. The van der Waals surface area contributed by atoms with E-state index in [1.54, 1.807) is 24.3 Å². The molecule has 0 aromatic heterocycles. The summed E-state index contributed by atoms with van der Waals surface area (Å²) in [4.78, 5) is 11.8. The van der Waals surface area contributed by atoms with Gasteiger partial charge in [-0.2, -0.15) is 0 Å². The van der Waals surface area contributed by atoms with Crippen molar-refractivity contribution in [3.05, 3.63) is 71.8 Å². The van der Waals surface area contributed by atoms with E-state index in [-0.39, 0.29) is 5.78 Å². The topological polar surface area (TPSA) is 17.1 Å². The van der Waals surface area contributed by atoms with Gasteiger partial charge in [-0.15, -0.1) is 0 Å². The average molecular weight is 195 g/mol. The van der Waals surface area contributed by atoms with E-state index >= 15 is 0 Å². The first-order valence-corrected chi connectivity index (χ1v) is 4.89. The number of ketones is 1. The summed E-state index contributed by atoms with van der Waals surface area (Å²) in [6, 6.07) is 19.8. The molecular formula is C14H11O. The molecule has 0 heterocycles. The van der Waals surface area contributed by atoms with Gasteiger partial charge in [0.15, 0.2) is 5.78 Å². The number of hydrogen-bond acceptors (Lipinski definition) is 1. The lowest BCUT2D eigenvalue weighted by atomic mass is 10.0. The Morgan fingerprint density at radius 2 is 1.67 bits per heavy atom. The van der Waals surface area contributed by atoms with Gasteiger partial charge in [-0.1, -0.05) is 54.6 Å². The van der Waals surface area contributed by atoms with Crippen LogP contribution in [0, 0.1) is 6.07 Å². The van der Waals surface area contributed by atoms with E-state index in [1.165, 1.54) is 0 Å². The van der Waals surface area contributed by atoms with Crippen molar-refractivity contribution < 1.29 is 4.79 Å². The van der Waals surface area contributed by atoms with E-state index in [2.05, 4.69) is 6.07 Å². The first-order valence-electron chi connectivity index (χ1n) is 4.89. The van der Waals surface area contributed by atoms with Gasteiger partial charge in [-0.25, -0.2) is 0 Å². The first-order chi connectivity index (χ1) is 7.36. The Morgan fingerprint density at radius 3 is 2.33 bits per heavy atom. The van der Waals surface area contributed by atoms with Gasteiger partial charge in [0.2, 0.25) is 0 Å². The molecule has 0 bridgehead atoms. The van der Waals surface area contributed by atoms with Crippen LogP contribution in [0.4, 0.5) is 0 Å². The van der Waals surface area contributed by atoms with Crippen LogP contribution in [0.25, 0.3) is 0 Å². The molecule has 0 spiro atoms. The molecule has 2 aromatic rings. The van der Waals surface area contributed by atoms with Crippen LogP contribution in [0.2, 0.25) is 0 Å². The van der Waals surface area contributed by atoms with Gasteiger partial charge < -0.3 is 0 Å². The van der Waals surface area contributed by atoms with Gasteiger partial charge in [0.1, 0.15) is 0 Å². The molecule has 1 nitrogen and oxygen atoms in total. The fourth-order valence-electron chi connectivity index (χ4n) is 1.46. The first kappa shape index (κ1) is 9.66. The van der Waals surface area contributed by atoms with Crippen molar-refractivity contribution in [2.45, 2.75) is 6.42 Å². The van der Waals surface area contributed by atoms with Crippen LogP contribution in [0.3, 0.4) is 0 Å². The predicted octanol–water partition coefficient (Wildman–Crippen LogP) is 2.91. The number of benzene rings is 2. The maximum Gasteiger partial charge on any atom is 0.167 e. The van der Waals surface area contributed by atoms with Gasteiger partial charge in [0.25, 0.3) is 0 Å². The standard InChI is InChI=1S/C14H11O/c15-14(13-9-5-2-6-10-13)11-12-7-3-1-4-8-12/h1,3-10H,11H2. The number of carbonyl (C=O) groups is 1. The molecule has 15 heavy (non-hydrogen) atoms. The Kier molecular flexibility index (Phi) is 2.93. The second-order valence-corrected chi connectivity index (χ2v) is 3.37. The van der Waals surface area contributed by atoms with Crippen molar-refractivity contribution in [1.82, 2.24) is 0 Å². The van der Waals surface area contributed by atoms with Crippen LogP contribution in [0.15, 0.2) is 54.6 Å². The van der Waals surface area contributed by atoms with Gasteiger partial charge >= 0.3 is 0 Å². The molecule has 0 aliphatic heterocycles. The molecule has 0 N–H and O–H groups in total. The maximum atomic E-state index is 11.8. The highest BCUT2D eigenvalue weighted by molar-refractivity contribution is 5.97. The minimum absolute atomic E-state index is 0.148. The second-order valence-electron chi connectivity index (χ2n) is 3.37. The molecule has 0 fully saturated rings.